The summed E-state index contributed by atoms with van der Waals surface area (Å²) in [5, 5.41) is 9.29. The fourth-order valence-electron chi connectivity index (χ4n) is 3.99. The lowest BCUT2D eigenvalue weighted by Crippen LogP contribution is -2.47. The first kappa shape index (κ1) is 20.7. The monoisotopic (exact) mass is 447 g/mol. The SMILES string of the molecule is COc1c(C)cc(Br)cc1COCC1(c2ccccc2)CCN(C(=O)O)CC1. The average Bonchev–Trinajstić information content (AvgIpc) is 2.69. The molecule has 1 N–H and O–H groups in total. The number of benzene rings is 2. The molecule has 0 unspecified atom stereocenters. The Bertz CT molecular complexity index is 817. The Hall–Kier alpha value is -2.05. The Labute approximate surface area is 174 Å². The van der Waals surface area contributed by atoms with Crippen molar-refractivity contribution in [2.75, 3.05) is 26.8 Å². The summed E-state index contributed by atoms with van der Waals surface area (Å²) in [6, 6.07) is 14.3. The molecule has 2 aromatic rings. The van der Waals surface area contributed by atoms with Crippen LogP contribution in [0.5, 0.6) is 5.75 Å². The number of likely N-dealkylation sites (tertiary alicyclic amines) is 1. The predicted octanol–water partition coefficient (Wildman–Crippen LogP) is 4.99. The van der Waals surface area contributed by atoms with Gasteiger partial charge in [0.25, 0.3) is 0 Å². The Balaban J connectivity index is 1.76. The number of ether oxygens (including phenoxy) is 2. The van der Waals surface area contributed by atoms with Gasteiger partial charge in [-0.1, -0.05) is 46.3 Å². The van der Waals surface area contributed by atoms with Gasteiger partial charge in [-0.3, -0.25) is 0 Å². The summed E-state index contributed by atoms with van der Waals surface area (Å²) in [7, 11) is 1.67. The van der Waals surface area contributed by atoms with Gasteiger partial charge in [0.05, 0.1) is 20.3 Å². The predicted molar refractivity (Wildman–Crippen MR) is 112 cm³/mol. The number of methoxy groups -OCH3 is 1. The minimum Gasteiger partial charge on any atom is -0.496 e. The van der Waals surface area contributed by atoms with Gasteiger partial charge in [0.2, 0.25) is 0 Å². The summed E-state index contributed by atoms with van der Waals surface area (Å²) < 4.78 is 12.7. The van der Waals surface area contributed by atoms with Gasteiger partial charge in [-0.2, -0.15) is 0 Å². The number of carboxylic acid groups (broad SMARTS) is 1. The third kappa shape index (κ3) is 4.50. The van der Waals surface area contributed by atoms with Crippen molar-refractivity contribution in [3.8, 4) is 5.75 Å². The van der Waals surface area contributed by atoms with Gasteiger partial charge >= 0.3 is 6.09 Å². The van der Waals surface area contributed by atoms with Crippen molar-refractivity contribution in [1.82, 2.24) is 4.90 Å². The quantitative estimate of drug-likeness (QED) is 0.676. The minimum absolute atomic E-state index is 0.179. The second-order valence-electron chi connectivity index (χ2n) is 7.32. The van der Waals surface area contributed by atoms with Crippen LogP contribution in [0, 0.1) is 6.92 Å². The highest BCUT2D eigenvalue weighted by molar-refractivity contribution is 9.10. The fourth-order valence-corrected chi connectivity index (χ4v) is 4.61. The van der Waals surface area contributed by atoms with Crippen molar-refractivity contribution < 1.29 is 19.4 Å². The molecule has 1 heterocycles. The molecule has 150 valence electrons. The van der Waals surface area contributed by atoms with Crippen LogP contribution in [0.1, 0.15) is 29.5 Å². The lowest BCUT2D eigenvalue weighted by atomic mass is 9.73. The second kappa shape index (κ2) is 8.97. The van der Waals surface area contributed by atoms with E-state index in [0.717, 1.165) is 34.2 Å². The molecule has 5 nitrogen and oxygen atoms in total. The Morgan fingerprint density at radius 2 is 1.89 bits per heavy atom. The zero-order valence-corrected chi connectivity index (χ0v) is 17.9. The summed E-state index contributed by atoms with van der Waals surface area (Å²) in [6.45, 7) is 4.04. The Kier molecular flexibility index (Phi) is 6.62. The maximum absolute atomic E-state index is 11.3. The fraction of sp³-hybridized carbons (Fsp3) is 0.409. The molecule has 0 bridgehead atoms. The van der Waals surface area contributed by atoms with Crippen LogP contribution in [0.15, 0.2) is 46.9 Å². The lowest BCUT2D eigenvalue weighted by molar-refractivity contribution is 0.0361. The van der Waals surface area contributed by atoms with Crippen molar-refractivity contribution in [2.45, 2.75) is 31.8 Å². The van der Waals surface area contributed by atoms with E-state index in [1.807, 2.05) is 37.3 Å². The van der Waals surface area contributed by atoms with Crippen molar-refractivity contribution >= 4 is 22.0 Å². The van der Waals surface area contributed by atoms with Crippen molar-refractivity contribution in [2.24, 2.45) is 0 Å². The molecule has 0 saturated carbocycles. The first-order valence-corrected chi connectivity index (χ1v) is 10.2. The molecule has 2 aromatic carbocycles. The van der Waals surface area contributed by atoms with Crippen LogP contribution in [0.4, 0.5) is 4.79 Å². The van der Waals surface area contributed by atoms with E-state index in [9.17, 15) is 9.90 Å². The van der Waals surface area contributed by atoms with Crippen LogP contribution in [-0.2, 0) is 16.8 Å². The maximum atomic E-state index is 11.3. The van der Waals surface area contributed by atoms with E-state index < -0.39 is 6.09 Å². The van der Waals surface area contributed by atoms with E-state index in [2.05, 4.69) is 28.1 Å². The number of amides is 1. The molecule has 1 aliphatic heterocycles. The van der Waals surface area contributed by atoms with Gasteiger partial charge in [-0.25, -0.2) is 4.79 Å². The summed E-state index contributed by atoms with van der Waals surface area (Å²) in [5.41, 5.74) is 3.09. The number of halogens is 1. The van der Waals surface area contributed by atoms with E-state index in [1.165, 1.54) is 10.5 Å². The smallest absolute Gasteiger partial charge is 0.407 e. The molecule has 0 radical (unpaired) electrons. The van der Waals surface area contributed by atoms with Crippen LogP contribution in [0.3, 0.4) is 0 Å². The van der Waals surface area contributed by atoms with Gasteiger partial charge in [0, 0.05) is 28.5 Å². The number of hydrogen-bond donors (Lipinski definition) is 1. The molecule has 0 aromatic heterocycles. The van der Waals surface area contributed by atoms with Crippen LogP contribution >= 0.6 is 15.9 Å². The number of hydrogen-bond acceptors (Lipinski definition) is 3. The number of piperidine rings is 1. The molecule has 1 aliphatic rings. The Morgan fingerprint density at radius 3 is 2.50 bits per heavy atom. The topological polar surface area (TPSA) is 59.0 Å². The average molecular weight is 448 g/mol. The summed E-state index contributed by atoms with van der Waals surface area (Å²) in [4.78, 5) is 12.8. The molecule has 3 rings (SSSR count). The molecule has 0 spiro atoms. The number of rotatable bonds is 6. The van der Waals surface area contributed by atoms with Gasteiger partial charge < -0.3 is 19.5 Å². The van der Waals surface area contributed by atoms with Crippen molar-refractivity contribution in [1.29, 1.82) is 0 Å². The van der Waals surface area contributed by atoms with E-state index in [-0.39, 0.29) is 5.41 Å². The first-order valence-electron chi connectivity index (χ1n) is 9.39. The minimum atomic E-state index is -0.850. The van der Waals surface area contributed by atoms with E-state index >= 15 is 0 Å². The molecule has 1 saturated heterocycles. The van der Waals surface area contributed by atoms with Gasteiger partial charge in [0.1, 0.15) is 5.75 Å². The third-order valence-corrected chi connectivity index (χ3v) is 5.99. The molecule has 1 amide bonds. The molecule has 6 heteroatoms. The number of carbonyl (C=O) groups is 1. The van der Waals surface area contributed by atoms with Crippen LogP contribution < -0.4 is 4.74 Å². The van der Waals surface area contributed by atoms with E-state index in [1.54, 1.807) is 7.11 Å². The molecular formula is C22H26BrNO4. The van der Waals surface area contributed by atoms with Crippen molar-refractivity contribution in [3.63, 3.8) is 0 Å². The molecule has 1 fully saturated rings. The zero-order valence-electron chi connectivity index (χ0n) is 16.3. The summed E-state index contributed by atoms with van der Waals surface area (Å²) in [6.07, 6.45) is 0.646. The number of aryl methyl sites for hydroxylation is 1. The highest BCUT2D eigenvalue weighted by atomic mass is 79.9. The lowest BCUT2D eigenvalue weighted by Gasteiger charge is -2.41. The second-order valence-corrected chi connectivity index (χ2v) is 8.24. The highest BCUT2D eigenvalue weighted by Crippen LogP contribution is 2.37. The standard InChI is InChI=1S/C22H26BrNO4/c1-16-12-19(23)13-17(20(16)27-2)14-28-15-22(18-6-4-3-5-7-18)8-10-24(11-9-22)21(25)26/h3-7,12-13H,8-11,14-15H2,1-2H3,(H,25,26). The first-order chi connectivity index (χ1) is 13.4. The highest BCUT2D eigenvalue weighted by Gasteiger charge is 2.37. The van der Waals surface area contributed by atoms with E-state index in [4.69, 9.17) is 9.47 Å². The van der Waals surface area contributed by atoms with Crippen LogP contribution in [0.2, 0.25) is 0 Å². The summed E-state index contributed by atoms with van der Waals surface area (Å²) in [5.74, 6) is 0.845. The summed E-state index contributed by atoms with van der Waals surface area (Å²) >= 11 is 3.54. The van der Waals surface area contributed by atoms with Gasteiger partial charge in [-0.15, -0.1) is 0 Å². The maximum Gasteiger partial charge on any atom is 0.407 e. The molecule has 0 atom stereocenters. The Morgan fingerprint density at radius 1 is 1.21 bits per heavy atom. The number of nitrogens with zero attached hydrogens (tertiary/aromatic N) is 1. The van der Waals surface area contributed by atoms with E-state index in [0.29, 0.717) is 26.3 Å². The zero-order chi connectivity index (χ0) is 20.1. The largest absolute Gasteiger partial charge is 0.496 e. The van der Waals surface area contributed by atoms with Crippen LogP contribution in [0.25, 0.3) is 0 Å². The van der Waals surface area contributed by atoms with Crippen molar-refractivity contribution in [3.05, 3.63) is 63.6 Å². The van der Waals surface area contributed by atoms with Crippen LogP contribution in [-0.4, -0.2) is 42.9 Å². The normalized spacial score (nSPS) is 16.0. The molecular weight excluding hydrogens is 422 g/mol. The molecule has 28 heavy (non-hydrogen) atoms. The third-order valence-electron chi connectivity index (χ3n) is 5.53. The van der Waals surface area contributed by atoms with Gasteiger partial charge in [-0.05, 0) is 43.0 Å². The molecule has 0 aliphatic carbocycles. The van der Waals surface area contributed by atoms with Gasteiger partial charge in [0.15, 0.2) is 0 Å².